The topological polar surface area (TPSA) is 29.1 Å². The molecule has 0 saturated carbocycles. The van der Waals surface area contributed by atoms with Crippen LogP contribution in [0.5, 0.6) is 0 Å². The maximum absolute atomic E-state index is 10.5. The summed E-state index contributed by atoms with van der Waals surface area (Å²) in [5, 5.41) is 3.39. The minimum atomic E-state index is -0.0271. The summed E-state index contributed by atoms with van der Waals surface area (Å²) in [6.07, 6.45) is 3.80. The van der Waals surface area contributed by atoms with Crippen LogP contribution in [0.2, 0.25) is 5.02 Å². The fraction of sp³-hybridized carbons (Fsp3) is 0.182. The number of hydrogen-bond donors (Lipinski definition) is 1. The van der Waals surface area contributed by atoms with Crippen molar-refractivity contribution in [3.8, 4) is 0 Å². The Labute approximate surface area is 88.6 Å². The average Bonchev–Trinajstić information content (AvgIpc) is 2.12. The van der Waals surface area contributed by atoms with E-state index in [1.807, 2.05) is 36.4 Å². The molecule has 0 atom stereocenters. The Morgan fingerprint density at radius 3 is 3.00 bits per heavy atom. The summed E-state index contributed by atoms with van der Waals surface area (Å²) in [6, 6.07) is 7.54. The van der Waals surface area contributed by atoms with Crippen molar-refractivity contribution in [3.63, 3.8) is 0 Å². The molecule has 0 spiro atoms. The van der Waals surface area contributed by atoms with Crippen molar-refractivity contribution in [3.05, 3.63) is 40.9 Å². The molecule has 0 radical (unpaired) electrons. The summed E-state index contributed by atoms with van der Waals surface area (Å²) >= 11 is 5.80. The quantitative estimate of drug-likeness (QED) is 0.814. The summed E-state index contributed by atoms with van der Waals surface area (Å²) < 4.78 is 0. The Morgan fingerprint density at radius 2 is 2.36 bits per heavy atom. The second-order valence-electron chi connectivity index (χ2n) is 2.89. The molecule has 0 saturated heterocycles. The van der Waals surface area contributed by atoms with E-state index in [1.54, 1.807) is 0 Å². The predicted molar refractivity (Wildman–Crippen MR) is 59.2 cm³/mol. The van der Waals surface area contributed by atoms with Crippen LogP contribution in [0.1, 0.15) is 12.5 Å². The Kier molecular flexibility index (Phi) is 4.20. The van der Waals surface area contributed by atoms with Crippen LogP contribution in [0.3, 0.4) is 0 Å². The smallest absolute Gasteiger partial charge is 0.217 e. The molecule has 74 valence electrons. The minimum absolute atomic E-state index is 0.0271. The van der Waals surface area contributed by atoms with Crippen LogP contribution in [0.4, 0.5) is 0 Å². The molecule has 0 aliphatic carbocycles. The number of carbonyl (C=O) groups is 1. The third-order valence-electron chi connectivity index (χ3n) is 1.63. The molecule has 1 amide bonds. The number of carbonyl (C=O) groups excluding carboxylic acids is 1. The van der Waals surface area contributed by atoms with Crippen molar-refractivity contribution in [2.75, 3.05) is 6.54 Å². The van der Waals surface area contributed by atoms with Crippen LogP contribution >= 0.6 is 11.6 Å². The largest absolute Gasteiger partial charge is 0.353 e. The molecule has 0 fully saturated rings. The fourth-order valence-corrected chi connectivity index (χ4v) is 1.21. The maximum atomic E-state index is 10.5. The lowest BCUT2D eigenvalue weighted by molar-refractivity contribution is -0.118. The number of benzene rings is 1. The lowest BCUT2D eigenvalue weighted by Crippen LogP contribution is -2.19. The molecule has 2 nitrogen and oxygen atoms in total. The molecule has 1 aromatic carbocycles. The van der Waals surface area contributed by atoms with Gasteiger partial charge in [0.05, 0.1) is 0 Å². The highest BCUT2D eigenvalue weighted by Crippen LogP contribution is 2.11. The highest BCUT2D eigenvalue weighted by Gasteiger charge is 1.89. The van der Waals surface area contributed by atoms with Gasteiger partial charge in [0.1, 0.15) is 0 Å². The molecule has 0 unspecified atom stereocenters. The van der Waals surface area contributed by atoms with Crippen LogP contribution in [0, 0.1) is 0 Å². The summed E-state index contributed by atoms with van der Waals surface area (Å²) in [4.78, 5) is 10.5. The molecule has 1 aromatic rings. The van der Waals surface area contributed by atoms with Crippen LogP contribution in [-0.2, 0) is 4.79 Å². The summed E-state index contributed by atoms with van der Waals surface area (Å²) in [6.45, 7) is 2.04. The first-order valence-electron chi connectivity index (χ1n) is 4.35. The van der Waals surface area contributed by atoms with E-state index in [0.29, 0.717) is 11.6 Å². The molecule has 14 heavy (non-hydrogen) atoms. The van der Waals surface area contributed by atoms with Gasteiger partial charge in [-0.1, -0.05) is 35.9 Å². The van der Waals surface area contributed by atoms with E-state index < -0.39 is 0 Å². The number of amides is 1. The van der Waals surface area contributed by atoms with Gasteiger partial charge in [-0.2, -0.15) is 0 Å². The highest BCUT2D eigenvalue weighted by molar-refractivity contribution is 6.30. The van der Waals surface area contributed by atoms with Gasteiger partial charge in [-0.05, 0) is 17.7 Å². The van der Waals surface area contributed by atoms with Crippen LogP contribution < -0.4 is 5.32 Å². The molecule has 1 rings (SSSR count). The van der Waals surface area contributed by atoms with Gasteiger partial charge in [0.15, 0.2) is 0 Å². The summed E-state index contributed by atoms with van der Waals surface area (Å²) in [7, 11) is 0. The molecular formula is C11H12ClNO. The average molecular weight is 210 g/mol. The number of hydrogen-bond acceptors (Lipinski definition) is 1. The molecule has 0 heterocycles. The van der Waals surface area contributed by atoms with Gasteiger partial charge in [0.2, 0.25) is 5.91 Å². The van der Waals surface area contributed by atoms with E-state index in [1.165, 1.54) is 6.92 Å². The molecule has 1 N–H and O–H groups in total. The first-order chi connectivity index (χ1) is 6.68. The van der Waals surface area contributed by atoms with Crippen molar-refractivity contribution >= 4 is 23.6 Å². The van der Waals surface area contributed by atoms with E-state index in [2.05, 4.69) is 5.32 Å². The van der Waals surface area contributed by atoms with E-state index in [4.69, 9.17) is 11.6 Å². The number of halogens is 1. The van der Waals surface area contributed by atoms with E-state index in [-0.39, 0.29) is 5.91 Å². The van der Waals surface area contributed by atoms with E-state index >= 15 is 0 Å². The zero-order valence-electron chi connectivity index (χ0n) is 7.96. The fourth-order valence-electron chi connectivity index (χ4n) is 1.01. The number of nitrogens with one attached hydrogen (secondary N) is 1. The Morgan fingerprint density at radius 1 is 1.57 bits per heavy atom. The zero-order chi connectivity index (χ0) is 10.4. The van der Waals surface area contributed by atoms with Crippen LogP contribution in [0.15, 0.2) is 30.3 Å². The van der Waals surface area contributed by atoms with Crippen molar-refractivity contribution in [1.29, 1.82) is 0 Å². The van der Waals surface area contributed by atoms with Gasteiger partial charge in [-0.3, -0.25) is 4.79 Å². The van der Waals surface area contributed by atoms with Crippen molar-refractivity contribution in [2.45, 2.75) is 6.92 Å². The third kappa shape index (κ3) is 4.10. The van der Waals surface area contributed by atoms with Crippen molar-refractivity contribution in [2.24, 2.45) is 0 Å². The summed E-state index contributed by atoms with van der Waals surface area (Å²) in [5.41, 5.74) is 1.03. The van der Waals surface area contributed by atoms with Crippen molar-refractivity contribution in [1.82, 2.24) is 5.32 Å². The molecule has 0 aliphatic heterocycles. The molecular weight excluding hydrogens is 198 g/mol. The second-order valence-corrected chi connectivity index (χ2v) is 3.33. The first kappa shape index (κ1) is 10.8. The molecule has 0 aliphatic rings. The van der Waals surface area contributed by atoms with Crippen LogP contribution in [-0.4, -0.2) is 12.5 Å². The van der Waals surface area contributed by atoms with Gasteiger partial charge in [-0.25, -0.2) is 0 Å². The van der Waals surface area contributed by atoms with E-state index in [0.717, 1.165) is 5.56 Å². The van der Waals surface area contributed by atoms with Gasteiger partial charge in [-0.15, -0.1) is 0 Å². The molecule has 0 aromatic heterocycles. The molecule has 3 heteroatoms. The minimum Gasteiger partial charge on any atom is -0.353 e. The maximum Gasteiger partial charge on any atom is 0.217 e. The van der Waals surface area contributed by atoms with Crippen molar-refractivity contribution < 1.29 is 4.79 Å². The second kappa shape index (κ2) is 5.45. The SMILES string of the molecule is CC(=O)NC/C=C/c1cccc(Cl)c1. The van der Waals surface area contributed by atoms with Crippen LogP contribution in [0.25, 0.3) is 6.08 Å². The predicted octanol–water partition coefficient (Wildman–Crippen LogP) is 2.49. The monoisotopic (exact) mass is 209 g/mol. The Balaban J connectivity index is 2.47. The van der Waals surface area contributed by atoms with Gasteiger partial charge in [0, 0.05) is 18.5 Å². The zero-order valence-corrected chi connectivity index (χ0v) is 8.71. The van der Waals surface area contributed by atoms with E-state index in [9.17, 15) is 4.79 Å². The lowest BCUT2D eigenvalue weighted by Gasteiger charge is -1.96. The Hall–Kier alpha value is -1.28. The highest BCUT2D eigenvalue weighted by atomic mass is 35.5. The normalized spacial score (nSPS) is 10.4. The first-order valence-corrected chi connectivity index (χ1v) is 4.73. The number of rotatable bonds is 3. The third-order valence-corrected chi connectivity index (χ3v) is 1.86. The lowest BCUT2D eigenvalue weighted by atomic mass is 10.2. The van der Waals surface area contributed by atoms with Gasteiger partial charge in [0.25, 0.3) is 0 Å². The van der Waals surface area contributed by atoms with Gasteiger partial charge < -0.3 is 5.32 Å². The Bertz CT molecular complexity index is 347. The summed E-state index contributed by atoms with van der Waals surface area (Å²) in [5.74, 6) is -0.0271. The molecule has 0 bridgehead atoms. The van der Waals surface area contributed by atoms with Gasteiger partial charge >= 0.3 is 0 Å². The standard InChI is InChI=1S/C11H12ClNO/c1-9(14)13-7-3-5-10-4-2-6-11(12)8-10/h2-6,8H,7H2,1H3,(H,13,14)/b5-3+.